The van der Waals surface area contributed by atoms with Crippen LogP contribution < -0.4 is 0 Å². The molecule has 16 heavy (non-hydrogen) atoms. The molecule has 84 valence electrons. The number of benzene rings is 1. The van der Waals surface area contributed by atoms with E-state index in [2.05, 4.69) is 12.1 Å². The van der Waals surface area contributed by atoms with E-state index in [-0.39, 0.29) is 18.1 Å². The largest absolute Gasteiger partial charge is 0.369 e. The zero-order valence-electron chi connectivity index (χ0n) is 9.13. The van der Waals surface area contributed by atoms with Gasteiger partial charge in [-0.1, -0.05) is 30.3 Å². The summed E-state index contributed by atoms with van der Waals surface area (Å²) < 4.78 is 5.60. The van der Waals surface area contributed by atoms with Gasteiger partial charge in [0, 0.05) is 13.0 Å². The normalized spacial score (nSPS) is 29.2. The molecule has 3 nitrogen and oxygen atoms in total. The van der Waals surface area contributed by atoms with Gasteiger partial charge < -0.3 is 9.64 Å². The summed E-state index contributed by atoms with van der Waals surface area (Å²) in [5.74, 6) is 0.286. The van der Waals surface area contributed by atoms with Crippen LogP contribution in [0.4, 0.5) is 0 Å². The highest BCUT2D eigenvalue weighted by atomic mass is 16.5. The van der Waals surface area contributed by atoms with Crippen LogP contribution in [0, 0.1) is 0 Å². The van der Waals surface area contributed by atoms with Gasteiger partial charge in [-0.3, -0.25) is 4.79 Å². The van der Waals surface area contributed by atoms with Crippen molar-refractivity contribution in [1.29, 1.82) is 0 Å². The van der Waals surface area contributed by atoms with Crippen LogP contribution in [0.2, 0.25) is 0 Å². The molecule has 0 N–H and O–H groups in total. The number of ether oxygens (including phenoxy) is 1. The van der Waals surface area contributed by atoms with Crippen molar-refractivity contribution < 1.29 is 9.53 Å². The van der Waals surface area contributed by atoms with Crippen LogP contribution in [0.1, 0.15) is 24.5 Å². The molecule has 3 heteroatoms. The van der Waals surface area contributed by atoms with E-state index in [1.54, 1.807) is 0 Å². The second-order valence-electron chi connectivity index (χ2n) is 4.42. The van der Waals surface area contributed by atoms with Gasteiger partial charge in [0.1, 0.15) is 6.10 Å². The summed E-state index contributed by atoms with van der Waals surface area (Å²) in [6.45, 7) is 1.58. The lowest BCUT2D eigenvalue weighted by Gasteiger charge is -2.42. The van der Waals surface area contributed by atoms with Gasteiger partial charge in [0.15, 0.2) is 0 Å². The minimum atomic E-state index is 0.0863. The first kappa shape index (κ1) is 9.85. The summed E-state index contributed by atoms with van der Waals surface area (Å²) >= 11 is 0. The molecule has 2 aliphatic rings. The maximum absolute atomic E-state index is 11.7. The Balaban J connectivity index is 1.77. The fourth-order valence-electron chi connectivity index (χ4n) is 2.51. The quantitative estimate of drug-likeness (QED) is 0.755. The second-order valence-corrected chi connectivity index (χ2v) is 4.42. The summed E-state index contributed by atoms with van der Waals surface area (Å²) in [5, 5.41) is 0. The number of likely N-dealkylation sites (tertiary alicyclic amines) is 1. The Kier molecular flexibility index (Phi) is 2.40. The molecule has 0 saturated carbocycles. The van der Waals surface area contributed by atoms with Crippen LogP contribution in [-0.2, 0) is 9.53 Å². The van der Waals surface area contributed by atoms with Crippen LogP contribution in [0.3, 0.4) is 0 Å². The lowest BCUT2D eigenvalue weighted by molar-refractivity contribution is -0.157. The standard InChI is InChI=1S/C13H15NO2/c15-12-7-4-8-14(12)11-9-16-13(11)10-5-2-1-3-6-10/h1-3,5-6,11,13H,4,7-9H2/t11-,13-/m1/s1. The molecular weight excluding hydrogens is 202 g/mol. The van der Waals surface area contributed by atoms with E-state index in [0.717, 1.165) is 13.0 Å². The van der Waals surface area contributed by atoms with Gasteiger partial charge >= 0.3 is 0 Å². The van der Waals surface area contributed by atoms with Crippen molar-refractivity contribution in [3.63, 3.8) is 0 Å². The first-order valence-corrected chi connectivity index (χ1v) is 5.82. The Morgan fingerprint density at radius 2 is 2.06 bits per heavy atom. The topological polar surface area (TPSA) is 29.5 Å². The predicted octanol–water partition coefficient (Wildman–Crippen LogP) is 1.75. The van der Waals surface area contributed by atoms with Gasteiger partial charge in [-0.25, -0.2) is 0 Å². The number of hydrogen-bond acceptors (Lipinski definition) is 2. The van der Waals surface area contributed by atoms with Crippen molar-refractivity contribution in [2.24, 2.45) is 0 Å². The first-order chi connectivity index (χ1) is 7.86. The van der Waals surface area contributed by atoms with Crippen LogP contribution in [0.5, 0.6) is 0 Å². The Morgan fingerprint density at radius 1 is 1.25 bits per heavy atom. The maximum Gasteiger partial charge on any atom is 0.223 e. The van der Waals surface area contributed by atoms with Crippen molar-refractivity contribution in [3.8, 4) is 0 Å². The molecule has 3 rings (SSSR count). The molecule has 0 radical (unpaired) electrons. The zero-order chi connectivity index (χ0) is 11.0. The molecule has 2 saturated heterocycles. The van der Waals surface area contributed by atoms with Crippen molar-refractivity contribution in [2.45, 2.75) is 25.0 Å². The van der Waals surface area contributed by atoms with Gasteiger partial charge in [0.25, 0.3) is 0 Å². The second kappa shape index (κ2) is 3.91. The van der Waals surface area contributed by atoms with Crippen molar-refractivity contribution in [3.05, 3.63) is 35.9 Å². The highest BCUT2D eigenvalue weighted by molar-refractivity contribution is 5.78. The highest BCUT2D eigenvalue weighted by Crippen LogP contribution is 2.35. The monoisotopic (exact) mass is 217 g/mol. The molecule has 1 amide bonds. The summed E-state index contributed by atoms with van der Waals surface area (Å²) in [6, 6.07) is 10.4. The number of hydrogen-bond donors (Lipinski definition) is 0. The molecular formula is C13H15NO2. The van der Waals surface area contributed by atoms with Crippen LogP contribution in [0.25, 0.3) is 0 Å². The average molecular weight is 217 g/mol. The lowest BCUT2D eigenvalue weighted by atomic mass is 9.97. The molecule has 2 heterocycles. The SMILES string of the molecule is O=C1CCCN1[C@@H]1CO[C@@H]1c1ccccc1. The highest BCUT2D eigenvalue weighted by Gasteiger charge is 2.41. The van der Waals surface area contributed by atoms with E-state index in [0.29, 0.717) is 13.0 Å². The van der Waals surface area contributed by atoms with Crippen molar-refractivity contribution in [2.75, 3.05) is 13.2 Å². The average Bonchev–Trinajstić information content (AvgIpc) is 2.65. The van der Waals surface area contributed by atoms with E-state index >= 15 is 0 Å². The summed E-state index contributed by atoms with van der Waals surface area (Å²) in [4.78, 5) is 13.6. The minimum absolute atomic E-state index is 0.0863. The number of rotatable bonds is 2. The van der Waals surface area contributed by atoms with Crippen LogP contribution in [-0.4, -0.2) is 30.0 Å². The number of carbonyl (C=O) groups excluding carboxylic acids is 1. The summed E-state index contributed by atoms with van der Waals surface area (Å²) in [6.07, 6.45) is 1.79. The van der Waals surface area contributed by atoms with Gasteiger partial charge in [0.05, 0.1) is 12.6 Å². The van der Waals surface area contributed by atoms with Gasteiger partial charge in [0.2, 0.25) is 5.91 Å². The number of amides is 1. The molecule has 1 aromatic rings. The fraction of sp³-hybridized carbons (Fsp3) is 0.462. The molecule has 0 spiro atoms. The Morgan fingerprint density at radius 3 is 2.62 bits per heavy atom. The zero-order valence-corrected chi connectivity index (χ0v) is 9.13. The first-order valence-electron chi connectivity index (χ1n) is 5.82. The van der Waals surface area contributed by atoms with E-state index in [9.17, 15) is 4.79 Å². The molecule has 0 aliphatic carbocycles. The van der Waals surface area contributed by atoms with E-state index in [4.69, 9.17) is 4.74 Å². The van der Waals surface area contributed by atoms with E-state index in [1.807, 2.05) is 23.1 Å². The third-order valence-corrected chi connectivity index (χ3v) is 3.43. The van der Waals surface area contributed by atoms with Gasteiger partial charge in [-0.15, -0.1) is 0 Å². The fourth-order valence-corrected chi connectivity index (χ4v) is 2.51. The predicted molar refractivity (Wildman–Crippen MR) is 59.9 cm³/mol. The van der Waals surface area contributed by atoms with E-state index in [1.165, 1.54) is 5.56 Å². The third kappa shape index (κ3) is 1.52. The number of carbonyl (C=O) groups is 1. The van der Waals surface area contributed by atoms with Crippen LogP contribution >= 0.6 is 0 Å². The number of nitrogens with zero attached hydrogens (tertiary/aromatic N) is 1. The lowest BCUT2D eigenvalue weighted by Crippen LogP contribution is -2.51. The Bertz CT molecular complexity index is 390. The molecule has 2 aliphatic heterocycles. The smallest absolute Gasteiger partial charge is 0.223 e. The third-order valence-electron chi connectivity index (χ3n) is 3.43. The summed E-state index contributed by atoms with van der Waals surface area (Å²) in [7, 11) is 0. The molecule has 0 unspecified atom stereocenters. The maximum atomic E-state index is 11.7. The molecule has 0 bridgehead atoms. The van der Waals surface area contributed by atoms with Crippen LogP contribution in [0.15, 0.2) is 30.3 Å². The molecule has 2 atom stereocenters. The molecule has 1 aromatic carbocycles. The molecule has 0 aromatic heterocycles. The van der Waals surface area contributed by atoms with Gasteiger partial charge in [-0.05, 0) is 12.0 Å². The summed E-state index contributed by atoms with van der Waals surface area (Å²) in [5.41, 5.74) is 1.18. The van der Waals surface area contributed by atoms with Crippen molar-refractivity contribution >= 4 is 5.91 Å². The van der Waals surface area contributed by atoms with Crippen molar-refractivity contribution in [1.82, 2.24) is 4.90 Å². The van der Waals surface area contributed by atoms with Gasteiger partial charge in [-0.2, -0.15) is 0 Å². The minimum Gasteiger partial charge on any atom is -0.369 e. The molecule has 2 fully saturated rings. The van der Waals surface area contributed by atoms with E-state index < -0.39 is 0 Å². The Labute approximate surface area is 95.0 Å². The Hall–Kier alpha value is -1.35.